The number of furan rings is 2. The summed E-state index contributed by atoms with van der Waals surface area (Å²) in [5, 5.41) is 5.55. The van der Waals surface area contributed by atoms with Crippen molar-refractivity contribution in [2.24, 2.45) is 0 Å². The van der Waals surface area contributed by atoms with Gasteiger partial charge in [0.25, 0.3) is 11.8 Å². The predicted molar refractivity (Wildman–Crippen MR) is 128 cm³/mol. The van der Waals surface area contributed by atoms with Crippen molar-refractivity contribution in [2.75, 3.05) is 18.6 Å². The molecule has 3 amide bonds. The summed E-state index contributed by atoms with van der Waals surface area (Å²) in [6.07, 6.45) is 6.54. The lowest BCUT2D eigenvalue weighted by Gasteiger charge is -2.31. The Morgan fingerprint density at radius 3 is 2.31 bits per heavy atom. The number of rotatable bonds is 9. The van der Waals surface area contributed by atoms with Gasteiger partial charge < -0.3 is 24.2 Å². The van der Waals surface area contributed by atoms with Gasteiger partial charge in [-0.05, 0) is 61.4 Å². The highest BCUT2D eigenvalue weighted by atomic mass is 16.5. The van der Waals surface area contributed by atoms with Crippen molar-refractivity contribution in [3.05, 3.63) is 78.1 Å². The maximum atomic E-state index is 13.5. The minimum absolute atomic E-state index is 0.00673. The van der Waals surface area contributed by atoms with Gasteiger partial charge in [0.1, 0.15) is 5.76 Å². The molecule has 4 rings (SSSR count). The van der Waals surface area contributed by atoms with Gasteiger partial charge in [0.2, 0.25) is 5.91 Å². The minimum atomic E-state index is -1.14. The van der Waals surface area contributed by atoms with Crippen LogP contribution in [-0.2, 0) is 14.3 Å². The molecular formula is C26H27N3O7. The van der Waals surface area contributed by atoms with Gasteiger partial charge >= 0.3 is 5.97 Å². The van der Waals surface area contributed by atoms with Crippen molar-refractivity contribution in [1.29, 1.82) is 0 Å². The van der Waals surface area contributed by atoms with Crippen LogP contribution >= 0.6 is 0 Å². The fraction of sp³-hybridized carbons (Fsp3) is 0.308. The van der Waals surface area contributed by atoms with Crippen molar-refractivity contribution in [2.45, 2.75) is 37.8 Å². The van der Waals surface area contributed by atoms with E-state index in [9.17, 15) is 19.2 Å². The number of hydrogen-bond acceptors (Lipinski definition) is 7. The van der Waals surface area contributed by atoms with E-state index in [0.29, 0.717) is 5.69 Å². The summed E-state index contributed by atoms with van der Waals surface area (Å²) in [5.41, 5.74) is 0.618. The number of esters is 1. The van der Waals surface area contributed by atoms with Crippen LogP contribution in [0.15, 0.2) is 69.9 Å². The van der Waals surface area contributed by atoms with Gasteiger partial charge in [-0.2, -0.15) is 0 Å². The maximum Gasteiger partial charge on any atom is 0.337 e. The molecule has 3 aromatic rings. The van der Waals surface area contributed by atoms with E-state index in [2.05, 4.69) is 10.6 Å². The van der Waals surface area contributed by atoms with Gasteiger partial charge in [-0.1, -0.05) is 12.8 Å². The van der Waals surface area contributed by atoms with E-state index in [1.165, 1.54) is 54.9 Å². The van der Waals surface area contributed by atoms with Gasteiger partial charge in [-0.25, -0.2) is 4.79 Å². The van der Waals surface area contributed by atoms with E-state index >= 15 is 0 Å². The first-order valence-electron chi connectivity index (χ1n) is 11.6. The molecule has 0 saturated heterocycles. The number of anilines is 1. The molecule has 1 aromatic carbocycles. The van der Waals surface area contributed by atoms with Gasteiger partial charge in [0, 0.05) is 11.7 Å². The van der Waals surface area contributed by atoms with Crippen molar-refractivity contribution < 1.29 is 32.7 Å². The molecule has 0 bridgehead atoms. The fourth-order valence-electron chi connectivity index (χ4n) is 4.22. The van der Waals surface area contributed by atoms with Gasteiger partial charge in [-0.3, -0.25) is 19.3 Å². The molecule has 2 N–H and O–H groups in total. The standard InChI is InChI=1S/C26H27N3O7/c1-34-26(33)17-10-12-19(13-11-17)29(22(30)16-27-24(31)21-9-5-15-36-21)23(20-8-4-14-35-20)25(32)28-18-6-2-3-7-18/h4-5,8-15,18,23H,2-3,6-7,16H2,1H3,(H,27,31)(H,28,32)/t23-/m1/s1. The van der Waals surface area contributed by atoms with Gasteiger partial charge in [0.05, 0.1) is 31.7 Å². The van der Waals surface area contributed by atoms with E-state index < -0.39 is 36.3 Å². The summed E-state index contributed by atoms with van der Waals surface area (Å²) in [4.78, 5) is 52.6. The number of ether oxygens (including phenoxy) is 1. The molecule has 1 aliphatic carbocycles. The van der Waals surface area contributed by atoms with E-state index in [4.69, 9.17) is 13.6 Å². The third-order valence-electron chi connectivity index (χ3n) is 6.00. The number of nitrogens with one attached hydrogen (secondary N) is 2. The first-order chi connectivity index (χ1) is 17.5. The molecule has 1 fully saturated rings. The monoisotopic (exact) mass is 493 g/mol. The highest BCUT2D eigenvalue weighted by molar-refractivity contribution is 6.04. The Bertz CT molecular complexity index is 1180. The van der Waals surface area contributed by atoms with Gasteiger partial charge in [-0.15, -0.1) is 0 Å². The molecule has 0 spiro atoms. The summed E-state index contributed by atoms with van der Waals surface area (Å²) < 4.78 is 15.4. The lowest BCUT2D eigenvalue weighted by Crippen LogP contribution is -2.49. The molecule has 2 heterocycles. The molecule has 188 valence electrons. The van der Waals surface area contributed by atoms with Crippen LogP contribution in [0.5, 0.6) is 0 Å². The number of carbonyl (C=O) groups excluding carboxylic acids is 4. The zero-order valence-electron chi connectivity index (χ0n) is 19.8. The van der Waals surface area contributed by atoms with Gasteiger partial charge in [0.15, 0.2) is 11.8 Å². The minimum Gasteiger partial charge on any atom is -0.467 e. The molecule has 0 aliphatic heterocycles. The van der Waals surface area contributed by atoms with Crippen LogP contribution in [0.3, 0.4) is 0 Å². The van der Waals surface area contributed by atoms with Crippen LogP contribution in [-0.4, -0.2) is 43.4 Å². The van der Waals surface area contributed by atoms with Crippen LogP contribution in [0.2, 0.25) is 0 Å². The molecular weight excluding hydrogens is 466 g/mol. The quantitative estimate of drug-likeness (QED) is 0.438. The van der Waals surface area contributed by atoms with Crippen molar-refractivity contribution in [3.8, 4) is 0 Å². The lowest BCUT2D eigenvalue weighted by atomic mass is 10.1. The molecule has 10 heteroatoms. The van der Waals surface area contributed by atoms with Crippen molar-refractivity contribution >= 4 is 29.4 Å². The Balaban J connectivity index is 1.65. The number of nitrogens with zero attached hydrogens (tertiary/aromatic N) is 1. The second-order valence-electron chi connectivity index (χ2n) is 8.37. The first-order valence-corrected chi connectivity index (χ1v) is 11.6. The Kier molecular flexibility index (Phi) is 7.84. The SMILES string of the molecule is COC(=O)c1ccc(N(C(=O)CNC(=O)c2ccco2)[C@@H](C(=O)NC2CCCC2)c2ccco2)cc1. The molecule has 1 atom stereocenters. The first kappa shape index (κ1) is 24.8. The molecule has 1 aliphatic rings. The average molecular weight is 494 g/mol. The summed E-state index contributed by atoms with van der Waals surface area (Å²) in [7, 11) is 1.27. The largest absolute Gasteiger partial charge is 0.467 e. The molecule has 0 unspecified atom stereocenters. The normalized spacial score (nSPS) is 14.1. The van der Waals surface area contributed by atoms with Crippen LogP contribution < -0.4 is 15.5 Å². The number of amides is 3. The predicted octanol–water partition coefficient (Wildman–Crippen LogP) is 3.22. The van der Waals surface area contributed by atoms with E-state index in [0.717, 1.165) is 25.7 Å². The Morgan fingerprint density at radius 2 is 1.69 bits per heavy atom. The average Bonchev–Trinajstić information content (AvgIpc) is 3.69. The lowest BCUT2D eigenvalue weighted by molar-refractivity contribution is -0.127. The number of hydrogen-bond donors (Lipinski definition) is 2. The Labute approximate surface area is 207 Å². The molecule has 1 saturated carbocycles. The fourth-order valence-corrected chi connectivity index (χ4v) is 4.22. The van der Waals surface area contributed by atoms with E-state index in [1.807, 2.05) is 0 Å². The maximum absolute atomic E-state index is 13.5. The van der Waals surface area contributed by atoms with Crippen molar-refractivity contribution in [3.63, 3.8) is 0 Å². The third-order valence-corrected chi connectivity index (χ3v) is 6.00. The number of methoxy groups -OCH3 is 1. The van der Waals surface area contributed by atoms with E-state index in [-0.39, 0.29) is 23.1 Å². The smallest absolute Gasteiger partial charge is 0.337 e. The molecule has 36 heavy (non-hydrogen) atoms. The topological polar surface area (TPSA) is 131 Å². The number of carbonyl (C=O) groups is 4. The summed E-state index contributed by atoms with van der Waals surface area (Å²) in [6, 6.07) is 11.2. The summed E-state index contributed by atoms with van der Waals surface area (Å²) >= 11 is 0. The second-order valence-corrected chi connectivity index (χ2v) is 8.37. The van der Waals surface area contributed by atoms with Crippen LogP contribution in [0.1, 0.15) is 58.4 Å². The van der Waals surface area contributed by atoms with Crippen molar-refractivity contribution in [1.82, 2.24) is 10.6 Å². The summed E-state index contributed by atoms with van der Waals surface area (Å²) in [6.45, 7) is -0.411. The van der Waals surface area contributed by atoms with Crippen LogP contribution in [0.4, 0.5) is 5.69 Å². The van der Waals surface area contributed by atoms with Crippen LogP contribution in [0, 0.1) is 0 Å². The zero-order valence-corrected chi connectivity index (χ0v) is 19.8. The molecule has 10 nitrogen and oxygen atoms in total. The zero-order chi connectivity index (χ0) is 25.5. The number of benzene rings is 1. The van der Waals surface area contributed by atoms with E-state index in [1.54, 1.807) is 18.2 Å². The third kappa shape index (κ3) is 5.65. The summed E-state index contributed by atoms with van der Waals surface area (Å²) in [5.74, 6) is -1.76. The second kappa shape index (κ2) is 11.4. The van der Waals surface area contributed by atoms with Crippen LogP contribution in [0.25, 0.3) is 0 Å². The highest BCUT2D eigenvalue weighted by Crippen LogP contribution is 2.30. The molecule has 0 radical (unpaired) electrons. The molecule has 2 aromatic heterocycles. The Morgan fingerprint density at radius 1 is 1.00 bits per heavy atom. The highest BCUT2D eigenvalue weighted by Gasteiger charge is 2.36. The Hall–Kier alpha value is -4.34.